The van der Waals surface area contributed by atoms with Gasteiger partial charge in [-0.1, -0.05) is 81.4 Å². The van der Waals surface area contributed by atoms with Gasteiger partial charge >= 0.3 is 5.97 Å². The smallest absolute Gasteiger partial charge is 0.309 e. The number of amides is 1. The van der Waals surface area contributed by atoms with Gasteiger partial charge in [-0.25, -0.2) is 0 Å². The third kappa shape index (κ3) is 9.14. The number of aliphatic hydroxyl groups excluding tert-OH is 2. The number of hydrogen-bond donors (Lipinski definition) is 3. The minimum Gasteiger partial charge on any atom is -0.461 e. The quantitative estimate of drug-likeness (QED) is 0.124. The Morgan fingerprint density at radius 2 is 1.57 bits per heavy atom. The van der Waals surface area contributed by atoms with E-state index in [-0.39, 0.29) is 61.2 Å². The van der Waals surface area contributed by atoms with Crippen molar-refractivity contribution in [2.24, 2.45) is 52.3 Å². The number of carbonyl (C=O) groups excluding carboxylic acids is 2. The molecule has 9 heteroatoms. The van der Waals surface area contributed by atoms with Crippen LogP contribution in [0.4, 0.5) is 0 Å². The second-order valence-corrected chi connectivity index (χ2v) is 20.4. The van der Waals surface area contributed by atoms with Crippen molar-refractivity contribution >= 4 is 19.2 Å². The third-order valence-corrected chi connectivity index (χ3v) is 16.4. The predicted molar refractivity (Wildman–Crippen MR) is 208 cm³/mol. The Labute approximate surface area is 317 Å². The summed E-state index contributed by atoms with van der Waals surface area (Å²) >= 11 is 0. The summed E-state index contributed by atoms with van der Waals surface area (Å²) in [5.74, 6) is 1.68. The maximum Gasteiger partial charge on any atom is 0.309 e. The molecule has 8 nitrogen and oxygen atoms in total. The van der Waals surface area contributed by atoms with Gasteiger partial charge in [-0.05, 0) is 122 Å². The highest BCUT2D eigenvalue weighted by Crippen LogP contribution is 2.68. The van der Waals surface area contributed by atoms with E-state index in [0.29, 0.717) is 42.1 Å². The van der Waals surface area contributed by atoms with Crippen LogP contribution in [0.5, 0.6) is 0 Å². The molecule has 4 aliphatic carbocycles. The van der Waals surface area contributed by atoms with Gasteiger partial charge in [0, 0.05) is 25.8 Å². The van der Waals surface area contributed by atoms with Crippen LogP contribution >= 0.6 is 7.37 Å². The number of benzene rings is 2. The van der Waals surface area contributed by atoms with E-state index in [1.807, 2.05) is 60.7 Å². The van der Waals surface area contributed by atoms with E-state index < -0.39 is 19.3 Å². The van der Waals surface area contributed by atoms with E-state index in [1.165, 1.54) is 12.8 Å². The summed E-state index contributed by atoms with van der Waals surface area (Å²) in [7, 11) is -3.18. The van der Waals surface area contributed by atoms with E-state index in [4.69, 9.17) is 9.26 Å². The van der Waals surface area contributed by atoms with Crippen molar-refractivity contribution in [3.05, 3.63) is 71.8 Å². The molecule has 2 aromatic rings. The minimum absolute atomic E-state index is 0.00510. The molecule has 0 heterocycles. The van der Waals surface area contributed by atoms with Gasteiger partial charge in [0.15, 0.2) is 0 Å². The molecule has 0 radical (unpaired) electrons. The highest BCUT2D eigenvalue weighted by Gasteiger charge is 2.63. The third-order valence-electron chi connectivity index (χ3n) is 14.6. The van der Waals surface area contributed by atoms with Crippen LogP contribution < -0.4 is 5.32 Å². The number of hydrogen-bond acceptors (Lipinski definition) is 7. The van der Waals surface area contributed by atoms with Gasteiger partial charge in [0.2, 0.25) is 13.3 Å². The van der Waals surface area contributed by atoms with Crippen LogP contribution in [-0.2, 0) is 36.6 Å². The second-order valence-electron chi connectivity index (χ2n) is 17.8. The van der Waals surface area contributed by atoms with Crippen LogP contribution in [0.3, 0.4) is 0 Å². The van der Waals surface area contributed by atoms with Crippen molar-refractivity contribution < 1.29 is 33.6 Å². The van der Waals surface area contributed by atoms with Crippen LogP contribution in [0.25, 0.3) is 0 Å². The lowest BCUT2D eigenvalue weighted by atomic mass is 9.43. The average molecular weight is 750 g/mol. The molecule has 53 heavy (non-hydrogen) atoms. The molecule has 6 rings (SSSR count). The first-order valence-electron chi connectivity index (χ1n) is 20.4. The lowest BCUT2D eigenvalue weighted by molar-refractivity contribution is -0.174. The van der Waals surface area contributed by atoms with Crippen molar-refractivity contribution in [2.75, 3.05) is 19.4 Å². The molecule has 0 aliphatic heterocycles. The highest BCUT2D eigenvalue weighted by atomic mass is 31.2. The SMILES string of the molecule is C[C@H](CCNC(=O)CCC(CP(C)(=O)OCc1ccccc1)C(=O)OCc1ccccc1)[C@H]1CCC2C3CC[C@@H]4C[C@H](O)CC[C@]4(C)C3C[C@H](O)[C@@]21C. The topological polar surface area (TPSA) is 122 Å². The zero-order valence-electron chi connectivity index (χ0n) is 32.5. The molecular weight excluding hydrogens is 685 g/mol. The van der Waals surface area contributed by atoms with Crippen molar-refractivity contribution in [3.63, 3.8) is 0 Å². The molecular formula is C44H64NO7P. The maximum atomic E-state index is 13.6. The monoisotopic (exact) mass is 749 g/mol. The number of nitrogens with one attached hydrogen (secondary N) is 1. The number of aliphatic hydroxyl groups is 2. The van der Waals surface area contributed by atoms with Gasteiger partial charge in [-0.2, -0.15) is 0 Å². The standard InChI is InChI=1S/C44H64NO7P/c1-30(37-18-19-38-36-17-16-34-25-35(46)21-23-43(34,2)39(36)26-40(47)44(37,38)3)22-24-45-41(48)20-15-33(42(49)51-27-31-11-7-5-8-12-31)29-53(4,50)52-28-32-13-9-6-10-14-32/h5-14,30,33-40,46-47H,15-29H2,1-4H3,(H,45,48)/t30-,33?,34-,35-,36?,37-,38?,39?,40+,43+,44-,53?/m1/s1. The summed E-state index contributed by atoms with van der Waals surface area (Å²) in [5, 5.41) is 25.4. The summed E-state index contributed by atoms with van der Waals surface area (Å²) < 4.78 is 25.0. The van der Waals surface area contributed by atoms with Gasteiger partial charge < -0.3 is 24.8 Å². The molecule has 4 saturated carbocycles. The van der Waals surface area contributed by atoms with Crippen molar-refractivity contribution in [2.45, 2.75) is 117 Å². The van der Waals surface area contributed by atoms with Crippen LogP contribution in [0.2, 0.25) is 0 Å². The van der Waals surface area contributed by atoms with Crippen molar-refractivity contribution in [3.8, 4) is 0 Å². The maximum absolute atomic E-state index is 13.6. The van der Waals surface area contributed by atoms with Crippen LogP contribution in [0.1, 0.15) is 103 Å². The zero-order chi connectivity index (χ0) is 37.8. The second kappa shape index (κ2) is 17.1. The van der Waals surface area contributed by atoms with Crippen LogP contribution in [-0.4, -0.2) is 53.7 Å². The normalized spacial score (nSPS) is 34.4. The Kier molecular flexibility index (Phi) is 13.0. The van der Waals surface area contributed by atoms with Crippen LogP contribution in [0.15, 0.2) is 60.7 Å². The number of esters is 1. The molecule has 2 aromatic carbocycles. The lowest BCUT2D eigenvalue weighted by Gasteiger charge is -2.62. The number of fused-ring (bicyclic) bond motifs is 5. The molecule has 292 valence electrons. The summed E-state index contributed by atoms with van der Waals surface area (Å²) in [5.41, 5.74) is 1.87. The summed E-state index contributed by atoms with van der Waals surface area (Å²) in [6.45, 7) is 9.50. The van der Waals surface area contributed by atoms with Crippen molar-refractivity contribution in [1.82, 2.24) is 5.32 Å². The van der Waals surface area contributed by atoms with E-state index in [2.05, 4.69) is 26.1 Å². The molecule has 0 spiro atoms. The van der Waals surface area contributed by atoms with Crippen LogP contribution in [0, 0.1) is 52.3 Å². The Balaban J connectivity index is 1.01. The molecule has 4 aliphatic rings. The van der Waals surface area contributed by atoms with Gasteiger partial charge in [-0.3, -0.25) is 14.2 Å². The zero-order valence-corrected chi connectivity index (χ0v) is 33.4. The average Bonchev–Trinajstić information content (AvgIpc) is 3.51. The van der Waals surface area contributed by atoms with Gasteiger partial charge in [0.05, 0.1) is 24.7 Å². The summed E-state index contributed by atoms with van der Waals surface area (Å²) in [4.78, 5) is 26.5. The van der Waals surface area contributed by atoms with Crippen molar-refractivity contribution in [1.29, 1.82) is 0 Å². The molecule has 12 atom stereocenters. The lowest BCUT2D eigenvalue weighted by Crippen LogP contribution is -2.58. The predicted octanol–water partition coefficient (Wildman–Crippen LogP) is 8.38. The van der Waals surface area contributed by atoms with E-state index >= 15 is 0 Å². The Morgan fingerprint density at radius 3 is 2.26 bits per heavy atom. The first kappa shape index (κ1) is 40.2. The Bertz CT molecular complexity index is 1570. The number of carbonyl (C=O) groups is 2. The Morgan fingerprint density at radius 1 is 0.887 bits per heavy atom. The number of rotatable bonds is 15. The fraction of sp³-hybridized carbons (Fsp3) is 0.682. The largest absolute Gasteiger partial charge is 0.461 e. The molecule has 5 unspecified atom stereocenters. The van der Waals surface area contributed by atoms with E-state index in [1.54, 1.807) is 6.66 Å². The molecule has 1 amide bonds. The minimum atomic E-state index is -3.18. The number of ether oxygens (including phenoxy) is 1. The van der Waals surface area contributed by atoms with E-state index in [0.717, 1.165) is 56.1 Å². The molecule has 0 aromatic heterocycles. The van der Waals surface area contributed by atoms with Gasteiger partial charge in [0.1, 0.15) is 6.61 Å². The summed E-state index contributed by atoms with van der Waals surface area (Å²) in [6.07, 6.45) is 9.15. The molecule has 0 saturated heterocycles. The molecule has 0 bridgehead atoms. The Hall–Kier alpha value is -2.51. The first-order valence-corrected chi connectivity index (χ1v) is 22.6. The fourth-order valence-corrected chi connectivity index (χ4v) is 13.2. The highest BCUT2D eigenvalue weighted by molar-refractivity contribution is 7.58. The van der Waals surface area contributed by atoms with Gasteiger partial charge in [0.25, 0.3) is 0 Å². The van der Waals surface area contributed by atoms with E-state index in [9.17, 15) is 24.4 Å². The first-order chi connectivity index (χ1) is 25.3. The fourth-order valence-electron chi connectivity index (χ4n) is 11.6. The summed E-state index contributed by atoms with van der Waals surface area (Å²) in [6, 6.07) is 19.0. The molecule has 3 N–H and O–H groups in total. The molecule has 4 fully saturated rings. The van der Waals surface area contributed by atoms with Gasteiger partial charge in [-0.15, -0.1) is 0 Å².